The Kier molecular flexibility index (Phi) is 3.63. The van der Waals surface area contributed by atoms with Crippen molar-refractivity contribution < 1.29 is 0 Å². The number of nitrogens with zero attached hydrogens (tertiary/aromatic N) is 1. The molecular formula is C10H16NPS. The standard InChI is InChI=1S/C10H16NPS/c1-10(2,3)12(4)11-8-9-6-5-7-13-9/h5-8H,1-4H3/b11-8+. The average Bonchev–Trinajstić information content (AvgIpc) is 2.50. The molecule has 0 fully saturated rings. The van der Waals surface area contributed by atoms with Crippen LogP contribution in [0.2, 0.25) is 0 Å². The van der Waals surface area contributed by atoms with E-state index in [1.807, 2.05) is 6.21 Å². The van der Waals surface area contributed by atoms with Gasteiger partial charge in [0.15, 0.2) is 0 Å². The summed E-state index contributed by atoms with van der Waals surface area (Å²) in [6.45, 7) is 8.94. The van der Waals surface area contributed by atoms with Gasteiger partial charge in [-0.05, 0) is 18.1 Å². The smallest absolute Gasteiger partial charge is 0.0452 e. The molecule has 1 nitrogen and oxygen atoms in total. The molecule has 0 aliphatic carbocycles. The Morgan fingerprint density at radius 3 is 2.62 bits per heavy atom. The fourth-order valence-corrected chi connectivity index (χ4v) is 1.99. The molecule has 0 aromatic carbocycles. The highest BCUT2D eigenvalue weighted by Crippen LogP contribution is 2.46. The molecular weight excluding hydrogens is 197 g/mol. The third kappa shape index (κ3) is 3.58. The Bertz CT molecular complexity index is 272. The van der Waals surface area contributed by atoms with E-state index in [-0.39, 0.29) is 8.07 Å². The maximum Gasteiger partial charge on any atom is 0.0452 e. The topological polar surface area (TPSA) is 12.4 Å². The van der Waals surface area contributed by atoms with Crippen molar-refractivity contribution >= 4 is 25.6 Å². The van der Waals surface area contributed by atoms with E-state index in [1.54, 1.807) is 11.3 Å². The van der Waals surface area contributed by atoms with Crippen molar-refractivity contribution in [3.63, 3.8) is 0 Å². The average molecular weight is 213 g/mol. The maximum atomic E-state index is 4.59. The molecule has 0 bridgehead atoms. The Labute approximate surface area is 85.7 Å². The van der Waals surface area contributed by atoms with Crippen molar-refractivity contribution in [2.75, 3.05) is 6.66 Å². The summed E-state index contributed by atoms with van der Waals surface area (Å²) in [6, 6.07) is 4.15. The van der Waals surface area contributed by atoms with Crippen LogP contribution in [-0.4, -0.2) is 18.0 Å². The summed E-state index contributed by atoms with van der Waals surface area (Å²) in [5, 5.41) is 2.40. The molecule has 1 atom stereocenters. The molecule has 1 rings (SSSR count). The highest BCUT2D eigenvalue weighted by Gasteiger charge is 2.18. The monoisotopic (exact) mass is 213 g/mol. The molecule has 72 valence electrons. The van der Waals surface area contributed by atoms with Crippen LogP contribution in [0, 0.1) is 0 Å². The van der Waals surface area contributed by atoms with Gasteiger partial charge in [0.25, 0.3) is 0 Å². The van der Waals surface area contributed by atoms with Crippen LogP contribution >= 0.6 is 19.4 Å². The Morgan fingerprint density at radius 1 is 1.46 bits per heavy atom. The predicted molar refractivity (Wildman–Crippen MR) is 64.5 cm³/mol. The highest BCUT2D eigenvalue weighted by atomic mass is 32.1. The first kappa shape index (κ1) is 10.9. The van der Waals surface area contributed by atoms with Crippen LogP contribution in [0.4, 0.5) is 0 Å². The van der Waals surface area contributed by atoms with E-state index in [1.165, 1.54) is 4.88 Å². The highest BCUT2D eigenvalue weighted by molar-refractivity contribution is 7.57. The van der Waals surface area contributed by atoms with Gasteiger partial charge in [-0.25, -0.2) is 0 Å². The molecule has 1 aromatic rings. The summed E-state index contributed by atoms with van der Waals surface area (Å²) in [4.78, 5) is 1.25. The zero-order valence-corrected chi connectivity index (χ0v) is 10.3. The Morgan fingerprint density at radius 2 is 2.15 bits per heavy atom. The van der Waals surface area contributed by atoms with E-state index in [2.05, 4.69) is 49.7 Å². The van der Waals surface area contributed by atoms with Gasteiger partial charge in [-0.1, -0.05) is 26.8 Å². The molecule has 13 heavy (non-hydrogen) atoms. The molecule has 1 unspecified atom stereocenters. The molecule has 0 amide bonds. The molecule has 0 saturated carbocycles. The molecule has 3 heteroatoms. The minimum Gasteiger partial charge on any atom is -0.268 e. The summed E-state index contributed by atoms with van der Waals surface area (Å²) in [5.41, 5.74) is 0. The zero-order valence-electron chi connectivity index (χ0n) is 8.61. The largest absolute Gasteiger partial charge is 0.268 e. The molecule has 0 N–H and O–H groups in total. The second-order valence-electron chi connectivity index (χ2n) is 3.95. The third-order valence-corrected chi connectivity index (χ3v) is 5.08. The predicted octanol–water partition coefficient (Wildman–Crippen LogP) is 3.99. The van der Waals surface area contributed by atoms with Crippen LogP contribution in [0.3, 0.4) is 0 Å². The first-order chi connectivity index (χ1) is 6.00. The fourth-order valence-electron chi connectivity index (χ4n) is 0.681. The quantitative estimate of drug-likeness (QED) is 0.520. The van der Waals surface area contributed by atoms with Crippen LogP contribution in [0.1, 0.15) is 25.6 Å². The lowest BCUT2D eigenvalue weighted by Gasteiger charge is -2.22. The molecule has 0 radical (unpaired) electrons. The first-order valence-corrected chi connectivity index (χ1v) is 6.93. The lowest BCUT2D eigenvalue weighted by Crippen LogP contribution is -2.08. The Hall–Kier alpha value is -0.200. The van der Waals surface area contributed by atoms with Crippen LogP contribution < -0.4 is 0 Å². The third-order valence-electron chi connectivity index (χ3n) is 1.87. The number of rotatable bonds is 2. The van der Waals surface area contributed by atoms with Crippen molar-refractivity contribution in [3.8, 4) is 0 Å². The molecule has 0 aliphatic heterocycles. The minimum absolute atomic E-state index is 0.250. The van der Waals surface area contributed by atoms with Crippen molar-refractivity contribution in [2.45, 2.75) is 25.9 Å². The van der Waals surface area contributed by atoms with Crippen molar-refractivity contribution in [3.05, 3.63) is 22.4 Å². The zero-order chi connectivity index (χ0) is 9.90. The second-order valence-corrected chi connectivity index (χ2v) is 7.55. The molecule has 0 aliphatic rings. The Balaban J connectivity index is 2.59. The molecule has 0 spiro atoms. The number of hydrogen-bond donors (Lipinski definition) is 0. The molecule has 1 heterocycles. The van der Waals surface area contributed by atoms with E-state index >= 15 is 0 Å². The summed E-state index contributed by atoms with van der Waals surface area (Å²) in [5.74, 6) is 0. The van der Waals surface area contributed by atoms with Gasteiger partial charge in [0.05, 0.1) is 0 Å². The van der Waals surface area contributed by atoms with Crippen molar-refractivity contribution in [1.29, 1.82) is 0 Å². The van der Waals surface area contributed by atoms with E-state index in [4.69, 9.17) is 0 Å². The number of thiophene rings is 1. The lowest BCUT2D eigenvalue weighted by molar-refractivity contribution is 0.785. The van der Waals surface area contributed by atoms with Gasteiger partial charge in [0.2, 0.25) is 0 Å². The van der Waals surface area contributed by atoms with Gasteiger partial charge in [-0.15, -0.1) is 11.3 Å². The van der Waals surface area contributed by atoms with Gasteiger partial charge in [0.1, 0.15) is 0 Å². The van der Waals surface area contributed by atoms with Gasteiger partial charge in [0, 0.05) is 24.3 Å². The van der Waals surface area contributed by atoms with Gasteiger partial charge in [-0.3, -0.25) is 4.76 Å². The van der Waals surface area contributed by atoms with Gasteiger partial charge >= 0.3 is 0 Å². The molecule has 1 aromatic heterocycles. The number of hydrogen-bond acceptors (Lipinski definition) is 2. The minimum atomic E-state index is -0.250. The second kappa shape index (κ2) is 4.34. The summed E-state index contributed by atoms with van der Waals surface area (Å²) < 4.78 is 4.59. The van der Waals surface area contributed by atoms with E-state index < -0.39 is 0 Å². The van der Waals surface area contributed by atoms with Crippen molar-refractivity contribution in [1.82, 2.24) is 0 Å². The van der Waals surface area contributed by atoms with E-state index in [0.717, 1.165) is 0 Å². The van der Waals surface area contributed by atoms with Gasteiger partial charge < -0.3 is 0 Å². The lowest BCUT2D eigenvalue weighted by atomic mass is 10.3. The summed E-state index contributed by atoms with van der Waals surface area (Å²) in [6.07, 6.45) is 2.00. The van der Waals surface area contributed by atoms with E-state index in [9.17, 15) is 0 Å². The van der Waals surface area contributed by atoms with E-state index in [0.29, 0.717) is 5.16 Å². The summed E-state index contributed by atoms with van der Waals surface area (Å²) >= 11 is 1.74. The van der Waals surface area contributed by atoms with Crippen molar-refractivity contribution in [2.24, 2.45) is 4.76 Å². The maximum absolute atomic E-state index is 4.59. The van der Waals surface area contributed by atoms with Crippen LogP contribution in [0.5, 0.6) is 0 Å². The fraction of sp³-hybridized carbons (Fsp3) is 0.500. The summed E-state index contributed by atoms with van der Waals surface area (Å²) in [7, 11) is -0.250. The van der Waals surface area contributed by atoms with Crippen LogP contribution in [-0.2, 0) is 0 Å². The normalized spacial score (nSPS) is 15.1. The van der Waals surface area contributed by atoms with Crippen LogP contribution in [0.25, 0.3) is 0 Å². The SMILES string of the molecule is CP(/N=C/c1cccs1)C(C)(C)C. The first-order valence-electron chi connectivity index (χ1n) is 4.31. The van der Waals surface area contributed by atoms with Crippen LogP contribution in [0.15, 0.2) is 22.3 Å². The van der Waals surface area contributed by atoms with Gasteiger partial charge in [-0.2, -0.15) is 0 Å². The molecule has 0 saturated heterocycles.